The monoisotopic (exact) mass is 359 g/mol. The molecule has 0 aromatic heterocycles. The van der Waals surface area contributed by atoms with Crippen LogP contribution >= 0.6 is 11.8 Å². The second kappa shape index (κ2) is 8.50. The van der Waals surface area contributed by atoms with E-state index in [0.717, 1.165) is 5.69 Å². The summed E-state index contributed by atoms with van der Waals surface area (Å²) in [6.07, 6.45) is -0.117. The van der Waals surface area contributed by atoms with Crippen LogP contribution < -0.4 is 21.5 Å². The number of benzene rings is 2. The summed E-state index contributed by atoms with van der Waals surface area (Å²) in [6.45, 7) is 0.622. The Hall–Kier alpha value is -2.58. The number of carbonyl (C=O) groups is 1. The van der Waals surface area contributed by atoms with E-state index in [9.17, 15) is 9.18 Å². The highest BCUT2D eigenvalue weighted by Crippen LogP contribution is 2.12. The number of nitrogens with one attached hydrogen (secondary N) is 4. The first-order valence-corrected chi connectivity index (χ1v) is 8.74. The van der Waals surface area contributed by atoms with Gasteiger partial charge in [-0.3, -0.25) is 10.2 Å². The molecule has 0 aliphatic carbocycles. The van der Waals surface area contributed by atoms with Crippen LogP contribution in [0.5, 0.6) is 0 Å². The summed E-state index contributed by atoms with van der Waals surface area (Å²) in [5, 5.41) is 6.57. The minimum absolute atomic E-state index is 0.117. The fourth-order valence-electron chi connectivity index (χ4n) is 2.19. The van der Waals surface area contributed by atoms with E-state index in [1.54, 1.807) is 12.1 Å². The third-order valence-electron chi connectivity index (χ3n) is 3.34. The lowest BCUT2D eigenvalue weighted by atomic mass is 10.3. The van der Waals surface area contributed by atoms with Crippen LogP contribution in [0.2, 0.25) is 0 Å². The van der Waals surface area contributed by atoms with Gasteiger partial charge in [0.05, 0.1) is 12.3 Å². The number of rotatable bonds is 6. The van der Waals surface area contributed by atoms with Gasteiger partial charge in [-0.2, -0.15) is 0 Å². The van der Waals surface area contributed by atoms with Gasteiger partial charge < -0.3 is 10.6 Å². The Bertz CT molecular complexity index is 756. The number of amidine groups is 1. The number of nitrogens with zero attached hydrogens (tertiary/aromatic N) is 1. The number of halogens is 1. The topological polar surface area (TPSA) is 77.5 Å². The second-order valence-corrected chi connectivity index (χ2v) is 6.28. The van der Waals surface area contributed by atoms with Gasteiger partial charge in [-0.25, -0.2) is 14.8 Å². The van der Waals surface area contributed by atoms with Gasteiger partial charge in [0.2, 0.25) is 5.91 Å². The van der Waals surface area contributed by atoms with E-state index in [2.05, 4.69) is 26.5 Å². The first-order chi connectivity index (χ1) is 12.2. The Balaban J connectivity index is 1.41. The summed E-state index contributed by atoms with van der Waals surface area (Å²) in [7, 11) is 0. The standard InChI is InChI=1S/C17H18FN5OS/c18-12-5-4-8-14(9-12)20-16(24)11-25-17-21-15(22-23-17)10-19-13-6-2-1-3-7-13/h1-9,15,19,22H,10-11H2,(H,20,24)(H,21,23). The van der Waals surface area contributed by atoms with Crippen LogP contribution in [0.1, 0.15) is 0 Å². The molecule has 1 amide bonds. The van der Waals surface area contributed by atoms with Crippen LogP contribution in [0.25, 0.3) is 0 Å². The highest BCUT2D eigenvalue weighted by molar-refractivity contribution is 8.14. The number of aliphatic imine (C=N–C) groups is 1. The molecule has 25 heavy (non-hydrogen) atoms. The fraction of sp³-hybridized carbons (Fsp3) is 0.176. The molecule has 0 saturated carbocycles. The summed E-state index contributed by atoms with van der Waals surface area (Å²) in [6, 6.07) is 15.7. The largest absolute Gasteiger partial charge is 0.381 e. The van der Waals surface area contributed by atoms with Crippen LogP contribution in [-0.2, 0) is 4.79 Å². The molecule has 3 rings (SSSR count). The molecule has 1 heterocycles. The summed E-state index contributed by atoms with van der Waals surface area (Å²) < 4.78 is 13.1. The minimum atomic E-state index is -0.384. The van der Waals surface area contributed by atoms with Crippen molar-refractivity contribution in [1.82, 2.24) is 10.9 Å². The molecule has 8 heteroatoms. The van der Waals surface area contributed by atoms with E-state index < -0.39 is 0 Å². The lowest BCUT2D eigenvalue weighted by molar-refractivity contribution is -0.113. The smallest absolute Gasteiger partial charge is 0.234 e. The number of hydrazine groups is 1. The van der Waals surface area contributed by atoms with Crippen molar-refractivity contribution in [2.45, 2.75) is 6.17 Å². The molecule has 0 radical (unpaired) electrons. The maximum atomic E-state index is 13.1. The number of para-hydroxylation sites is 1. The number of hydrogen-bond acceptors (Lipinski definition) is 6. The summed E-state index contributed by atoms with van der Waals surface area (Å²) in [5.41, 5.74) is 7.46. The molecule has 1 unspecified atom stereocenters. The van der Waals surface area contributed by atoms with Crippen molar-refractivity contribution in [2.75, 3.05) is 22.9 Å². The lowest BCUT2D eigenvalue weighted by Crippen LogP contribution is -2.37. The molecule has 1 aliphatic rings. The van der Waals surface area contributed by atoms with Crippen molar-refractivity contribution in [2.24, 2.45) is 4.99 Å². The zero-order valence-corrected chi connectivity index (χ0v) is 14.1. The normalized spacial score (nSPS) is 16.0. The third kappa shape index (κ3) is 5.47. The van der Waals surface area contributed by atoms with Crippen molar-refractivity contribution >= 4 is 34.2 Å². The molecule has 4 N–H and O–H groups in total. The Morgan fingerprint density at radius 3 is 2.76 bits per heavy atom. The Morgan fingerprint density at radius 1 is 1.16 bits per heavy atom. The van der Waals surface area contributed by atoms with Gasteiger partial charge in [-0.15, -0.1) is 0 Å². The minimum Gasteiger partial charge on any atom is -0.381 e. The number of carbonyl (C=O) groups excluding carboxylic acids is 1. The zero-order chi connectivity index (χ0) is 17.5. The molecule has 0 saturated heterocycles. The maximum Gasteiger partial charge on any atom is 0.234 e. The lowest BCUT2D eigenvalue weighted by Gasteiger charge is -2.09. The SMILES string of the molecule is O=C(CSC1=NC(CNc2ccccc2)NN1)Nc1cccc(F)c1. The third-order valence-corrected chi connectivity index (χ3v) is 4.23. The fourth-order valence-corrected chi connectivity index (χ4v) is 2.86. The zero-order valence-electron chi connectivity index (χ0n) is 13.3. The summed E-state index contributed by atoms with van der Waals surface area (Å²) in [5.74, 6) is -0.417. The maximum absolute atomic E-state index is 13.1. The van der Waals surface area contributed by atoms with E-state index in [4.69, 9.17) is 0 Å². The van der Waals surface area contributed by atoms with Gasteiger partial charge in [-0.05, 0) is 30.3 Å². The molecule has 1 aliphatic heterocycles. The van der Waals surface area contributed by atoms with E-state index in [0.29, 0.717) is 17.4 Å². The molecule has 0 spiro atoms. The predicted molar refractivity (Wildman–Crippen MR) is 99.9 cm³/mol. The van der Waals surface area contributed by atoms with Crippen molar-refractivity contribution in [3.05, 3.63) is 60.4 Å². The van der Waals surface area contributed by atoms with Crippen LogP contribution in [0.4, 0.5) is 15.8 Å². The molecule has 2 aromatic rings. The van der Waals surface area contributed by atoms with Gasteiger partial charge >= 0.3 is 0 Å². The average molecular weight is 359 g/mol. The van der Waals surface area contributed by atoms with Gasteiger partial charge in [0.15, 0.2) is 5.17 Å². The summed E-state index contributed by atoms with van der Waals surface area (Å²) in [4.78, 5) is 16.4. The predicted octanol–water partition coefficient (Wildman–Crippen LogP) is 2.40. The molecule has 1 atom stereocenters. The number of anilines is 2. The Kier molecular flexibility index (Phi) is 5.86. The highest BCUT2D eigenvalue weighted by atomic mass is 32.2. The summed E-state index contributed by atoms with van der Waals surface area (Å²) >= 11 is 1.28. The molecule has 0 bridgehead atoms. The number of thioether (sulfide) groups is 1. The highest BCUT2D eigenvalue weighted by Gasteiger charge is 2.17. The van der Waals surface area contributed by atoms with E-state index in [1.165, 1.54) is 23.9 Å². The molecule has 6 nitrogen and oxygen atoms in total. The van der Waals surface area contributed by atoms with Gasteiger partial charge in [0, 0.05) is 11.4 Å². The molecule has 130 valence electrons. The average Bonchev–Trinajstić information content (AvgIpc) is 3.07. The van der Waals surface area contributed by atoms with Crippen LogP contribution in [0.15, 0.2) is 59.6 Å². The Labute approximate surface area is 149 Å². The molecule has 0 fully saturated rings. The second-order valence-electron chi connectivity index (χ2n) is 5.31. The van der Waals surface area contributed by atoms with E-state index >= 15 is 0 Å². The number of amides is 1. The van der Waals surface area contributed by atoms with E-state index in [1.807, 2.05) is 30.3 Å². The molecular weight excluding hydrogens is 341 g/mol. The molecular formula is C17H18FN5OS. The number of hydrogen-bond donors (Lipinski definition) is 4. The quantitative estimate of drug-likeness (QED) is 0.637. The first-order valence-electron chi connectivity index (χ1n) is 7.75. The van der Waals surface area contributed by atoms with Crippen molar-refractivity contribution in [3.8, 4) is 0 Å². The van der Waals surface area contributed by atoms with E-state index in [-0.39, 0.29) is 23.6 Å². The van der Waals surface area contributed by atoms with Crippen molar-refractivity contribution in [3.63, 3.8) is 0 Å². The van der Waals surface area contributed by atoms with Crippen LogP contribution in [0.3, 0.4) is 0 Å². The van der Waals surface area contributed by atoms with Crippen molar-refractivity contribution < 1.29 is 9.18 Å². The van der Waals surface area contributed by atoms with Gasteiger partial charge in [-0.1, -0.05) is 36.0 Å². The van der Waals surface area contributed by atoms with Crippen molar-refractivity contribution in [1.29, 1.82) is 0 Å². The molecule has 2 aromatic carbocycles. The van der Waals surface area contributed by atoms with Crippen LogP contribution in [0, 0.1) is 5.82 Å². The van der Waals surface area contributed by atoms with Crippen LogP contribution in [-0.4, -0.2) is 29.5 Å². The van der Waals surface area contributed by atoms with Gasteiger partial charge in [0.1, 0.15) is 12.0 Å². The first kappa shape index (κ1) is 17.2. The Morgan fingerprint density at radius 2 is 1.96 bits per heavy atom. The van der Waals surface area contributed by atoms with Gasteiger partial charge in [0.25, 0.3) is 0 Å².